The average Bonchev–Trinajstić information content (AvgIpc) is 2.14. The highest BCUT2D eigenvalue weighted by Crippen LogP contribution is 2.07. The van der Waals surface area contributed by atoms with Crippen LogP contribution in [0.15, 0.2) is 12.7 Å². The minimum absolute atomic E-state index is 0.633. The summed E-state index contributed by atoms with van der Waals surface area (Å²) in [4.78, 5) is 0. The van der Waals surface area contributed by atoms with E-state index in [1.54, 1.807) is 0 Å². The van der Waals surface area contributed by atoms with Gasteiger partial charge in [-0.15, -0.1) is 6.58 Å². The van der Waals surface area contributed by atoms with Crippen LogP contribution in [0.3, 0.4) is 0 Å². The lowest BCUT2D eigenvalue weighted by molar-refractivity contribution is 0.558. The Morgan fingerprint density at radius 1 is 1.38 bits per heavy atom. The van der Waals surface area contributed by atoms with E-state index in [1.165, 1.54) is 24.3 Å². The van der Waals surface area contributed by atoms with Crippen LogP contribution in [0.5, 0.6) is 0 Å². The van der Waals surface area contributed by atoms with Crippen LogP contribution < -0.4 is 5.32 Å². The molecule has 0 aromatic rings. The molecule has 0 saturated heterocycles. The van der Waals surface area contributed by atoms with E-state index in [2.05, 4.69) is 25.7 Å². The van der Waals surface area contributed by atoms with Crippen molar-refractivity contribution in [2.24, 2.45) is 0 Å². The van der Waals surface area contributed by atoms with E-state index >= 15 is 0 Å². The number of hydrogen-bond acceptors (Lipinski definition) is 2. The summed E-state index contributed by atoms with van der Waals surface area (Å²) in [7, 11) is 0. The second-order valence-electron chi connectivity index (χ2n) is 3.25. The molecular weight excluding hydrogens is 178 g/mol. The van der Waals surface area contributed by atoms with Crippen molar-refractivity contribution < 1.29 is 0 Å². The summed E-state index contributed by atoms with van der Waals surface area (Å²) in [5, 5.41) is 3.54. The zero-order valence-corrected chi connectivity index (χ0v) is 9.83. The van der Waals surface area contributed by atoms with Crippen molar-refractivity contribution in [1.29, 1.82) is 0 Å². The molecule has 0 aliphatic heterocycles. The summed E-state index contributed by atoms with van der Waals surface area (Å²) in [5.74, 6) is 2.50. The van der Waals surface area contributed by atoms with Gasteiger partial charge in [0.05, 0.1) is 0 Å². The standard InChI is InChI=1S/C11H23NS/c1-4-7-11(12-8-5-2)10-13-9-6-3/h4,11-12H,1,5-10H2,2-3H3. The van der Waals surface area contributed by atoms with E-state index in [1.807, 2.05) is 17.8 Å². The molecule has 0 spiro atoms. The molecule has 0 heterocycles. The average molecular weight is 201 g/mol. The molecule has 0 amide bonds. The smallest absolute Gasteiger partial charge is 0.0192 e. The summed E-state index contributed by atoms with van der Waals surface area (Å²) >= 11 is 2.04. The molecule has 0 saturated carbocycles. The maximum atomic E-state index is 3.79. The van der Waals surface area contributed by atoms with E-state index in [-0.39, 0.29) is 0 Å². The van der Waals surface area contributed by atoms with Gasteiger partial charge in [0.2, 0.25) is 0 Å². The molecule has 1 unspecified atom stereocenters. The monoisotopic (exact) mass is 201 g/mol. The minimum Gasteiger partial charge on any atom is -0.313 e. The summed E-state index contributed by atoms with van der Waals surface area (Å²) in [6.45, 7) is 9.35. The van der Waals surface area contributed by atoms with E-state index in [9.17, 15) is 0 Å². The Labute approximate surface area is 87.4 Å². The molecule has 13 heavy (non-hydrogen) atoms. The van der Waals surface area contributed by atoms with Crippen LogP contribution in [0.2, 0.25) is 0 Å². The lowest BCUT2D eigenvalue weighted by Gasteiger charge is -2.15. The molecule has 0 aromatic carbocycles. The van der Waals surface area contributed by atoms with Gasteiger partial charge >= 0.3 is 0 Å². The fraction of sp³-hybridized carbons (Fsp3) is 0.818. The van der Waals surface area contributed by atoms with Crippen molar-refractivity contribution in [2.45, 2.75) is 39.2 Å². The molecule has 1 nitrogen and oxygen atoms in total. The molecule has 1 N–H and O–H groups in total. The van der Waals surface area contributed by atoms with Crippen molar-refractivity contribution in [3.8, 4) is 0 Å². The van der Waals surface area contributed by atoms with Crippen LogP contribution >= 0.6 is 11.8 Å². The quantitative estimate of drug-likeness (QED) is 0.454. The predicted octanol–water partition coefficient (Wildman–Crippen LogP) is 3.07. The first-order valence-corrected chi connectivity index (χ1v) is 6.42. The number of hydrogen-bond donors (Lipinski definition) is 1. The van der Waals surface area contributed by atoms with Gasteiger partial charge in [0.25, 0.3) is 0 Å². The zero-order chi connectivity index (χ0) is 9.94. The third kappa shape index (κ3) is 8.38. The van der Waals surface area contributed by atoms with Crippen LogP contribution in [-0.2, 0) is 0 Å². The highest BCUT2D eigenvalue weighted by Gasteiger charge is 2.04. The lowest BCUT2D eigenvalue weighted by Crippen LogP contribution is -2.31. The molecule has 2 heteroatoms. The van der Waals surface area contributed by atoms with Crippen molar-refractivity contribution in [3.05, 3.63) is 12.7 Å². The van der Waals surface area contributed by atoms with Gasteiger partial charge in [-0.05, 0) is 31.6 Å². The van der Waals surface area contributed by atoms with Crippen LogP contribution in [0, 0.1) is 0 Å². The Balaban J connectivity index is 3.47. The van der Waals surface area contributed by atoms with Crippen molar-refractivity contribution in [1.82, 2.24) is 5.32 Å². The summed E-state index contributed by atoms with van der Waals surface area (Å²) in [6.07, 6.45) is 5.60. The zero-order valence-electron chi connectivity index (χ0n) is 9.01. The van der Waals surface area contributed by atoms with Gasteiger partial charge < -0.3 is 5.32 Å². The largest absolute Gasteiger partial charge is 0.313 e. The maximum absolute atomic E-state index is 3.79. The van der Waals surface area contributed by atoms with Gasteiger partial charge in [0.1, 0.15) is 0 Å². The molecule has 0 bridgehead atoms. The van der Waals surface area contributed by atoms with Crippen LogP contribution in [0.4, 0.5) is 0 Å². The Morgan fingerprint density at radius 2 is 2.15 bits per heavy atom. The molecule has 0 radical (unpaired) electrons. The van der Waals surface area contributed by atoms with Gasteiger partial charge in [-0.3, -0.25) is 0 Å². The SMILES string of the molecule is C=CCC(CSCCC)NCCC. The van der Waals surface area contributed by atoms with Crippen molar-refractivity contribution in [2.75, 3.05) is 18.1 Å². The topological polar surface area (TPSA) is 12.0 Å². The second-order valence-corrected chi connectivity index (χ2v) is 4.40. The number of rotatable bonds is 9. The second kappa shape index (κ2) is 10.1. The van der Waals surface area contributed by atoms with Gasteiger partial charge in [-0.1, -0.05) is 19.9 Å². The molecule has 0 aromatic heterocycles. The fourth-order valence-corrected chi connectivity index (χ4v) is 2.12. The van der Waals surface area contributed by atoms with Gasteiger partial charge in [0, 0.05) is 11.8 Å². The Bertz CT molecular complexity index is 115. The third-order valence-electron chi connectivity index (χ3n) is 1.80. The van der Waals surface area contributed by atoms with Gasteiger partial charge in [0.15, 0.2) is 0 Å². The maximum Gasteiger partial charge on any atom is 0.0192 e. The molecule has 78 valence electrons. The highest BCUT2D eigenvalue weighted by atomic mass is 32.2. The highest BCUT2D eigenvalue weighted by molar-refractivity contribution is 7.99. The Kier molecular flexibility index (Phi) is 10.2. The minimum atomic E-state index is 0.633. The van der Waals surface area contributed by atoms with Gasteiger partial charge in [-0.25, -0.2) is 0 Å². The number of nitrogens with one attached hydrogen (secondary N) is 1. The number of thioether (sulfide) groups is 1. The van der Waals surface area contributed by atoms with E-state index < -0.39 is 0 Å². The molecule has 0 aliphatic rings. The van der Waals surface area contributed by atoms with Crippen molar-refractivity contribution >= 4 is 11.8 Å². The summed E-state index contributed by atoms with van der Waals surface area (Å²) < 4.78 is 0. The van der Waals surface area contributed by atoms with Gasteiger partial charge in [-0.2, -0.15) is 11.8 Å². The molecule has 0 rings (SSSR count). The first kappa shape index (κ1) is 13.1. The van der Waals surface area contributed by atoms with Crippen LogP contribution in [0.25, 0.3) is 0 Å². The fourth-order valence-electron chi connectivity index (χ4n) is 1.13. The van der Waals surface area contributed by atoms with Crippen LogP contribution in [-0.4, -0.2) is 24.1 Å². The molecule has 0 aliphatic carbocycles. The first-order valence-electron chi connectivity index (χ1n) is 5.27. The van der Waals surface area contributed by atoms with Crippen molar-refractivity contribution in [3.63, 3.8) is 0 Å². The summed E-state index contributed by atoms with van der Waals surface area (Å²) in [6, 6.07) is 0.633. The third-order valence-corrected chi connectivity index (χ3v) is 3.14. The Hall–Kier alpha value is 0.0500. The first-order chi connectivity index (χ1) is 6.35. The molecular formula is C11H23NS. The van der Waals surface area contributed by atoms with E-state index in [4.69, 9.17) is 0 Å². The molecule has 0 fully saturated rings. The predicted molar refractivity (Wildman–Crippen MR) is 64.5 cm³/mol. The summed E-state index contributed by atoms with van der Waals surface area (Å²) in [5.41, 5.74) is 0. The normalized spacial score (nSPS) is 12.8. The van der Waals surface area contributed by atoms with E-state index in [0.717, 1.165) is 13.0 Å². The van der Waals surface area contributed by atoms with Crippen LogP contribution in [0.1, 0.15) is 33.1 Å². The van der Waals surface area contributed by atoms with E-state index in [0.29, 0.717) is 6.04 Å². The Morgan fingerprint density at radius 3 is 2.69 bits per heavy atom. The lowest BCUT2D eigenvalue weighted by atomic mass is 10.2. The molecule has 1 atom stereocenters.